The number of hydrogen-bond acceptors (Lipinski definition) is 4. The van der Waals surface area contributed by atoms with Crippen LogP contribution in [0.3, 0.4) is 0 Å². The molecule has 0 amide bonds. The fourth-order valence-corrected chi connectivity index (χ4v) is 1.83. The maximum absolute atomic E-state index is 5.97. The first kappa shape index (κ1) is 12.8. The Balaban J connectivity index is 2.26. The van der Waals surface area contributed by atoms with Gasteiger partial charge >= 0.3 is 0 Å². The monoisotopic (exact) mass is 265 g/mol. The van der Waals surface area contributed by atoms with E-state index in [0.717, 1.165) is 29.6 Å². The third-order valence-electron chi connectivity index (χ3n) is 2.59. The van der Waals surface area contributed by atoms with Crippen LogP contribution in [0.1, 0.15) is 24.1 Å². The van der Waals surface area contributed by atoms with Crippen LogP contribution in [0.2, 0.25) is 5.02 Å². The molecular formula is C12H16ClN5. The van der Waals surface area contributed by atoms with Gasteiger partial charge in [0.1, 0.15) is 12.4 Å². The summed E-state index contributed by atoms with van der Waals surface area (Å²) in [6.45, 7) is 7.28. The van der Waals surface area contributed by atoms with Crippen molar-refractivity contribution in [2.45, 2.75) is 27.3 Å². The standard InChI is InChI=1S/C12H16ClN5/c1-4-14-11-5-8(2)16-12(17-11)7-18-9(3)10(13)6-15-18/h5-6H,4,7H2,1-3H3,(H,14,16,17). The molecule has 2 rings (SSSR count). The first-order valence-electron chi connectivity index (χ1n) is 5.86. The van der Waals surface area contributed by atoms with Gasteiger partial charge in [-0.2, -0.15) is 5.10 Å². The molecule has 0 aliphatic rings. The molecule has 0 saturated carbocycles. The number of halogens is 1. The molecule has 0 aromatic carbocycles. The second-order valence-corrected chi connectivity index (χ2v) is 4.48. The maximum Gasteiger partial charge on any atom is 0.152 e. The molecule has 0 bridgehead atoms. The Morgan fingerprint density at radius 2 is 2.11 bits per heavy atom. The third kappa shape index (κ3) is 2.79. The van der Waals surface area contributed by atoms with Crippen molar-refractivity contribution in [1.82, 2.24) is 19.7 Å². The Morgan fingerprint density at radius 1 is 1.33 bits per heavy atom. The van der Waals surface area contributed by atoms with Gasteiger partial charge in [-0.05, 0) is 20.8 Å². The van der Waals surface area contributed by atoms with E-state index >= 15 is 0 Å². The maximum atomic E-state index is 5.97. The zero-order valence-electron chi connectivity index (χ0n) is 10.7. The third-order valence-corrected chi connectivity index (χ3v) is 2.96. The van der Waals surface area contributed by atoms with E-state index < -0.39 is 0 Å². The van der Waals surface area contributed by atoms with Crippen molar-refractivity contribution in [3.63, 3.8) is 0 Å². The van der Waals surface area contributed by atoms with E-state index in [1.54, 1.807) is 10.9 Å². The van der Waals surface area contributed by atoms with Gasteiger partial charge in [-0.25, -0.2) is 9.97 Å². The van der Waals surface area contributed by atoms with Gasteiger partial charge in [-0.3, -0.25) is 4.68 Å². The molecule has 6 heteroatoms. The van der Waals surface area contributed by atoms with E-state index in [1.165, 1.54) is 0 Å². The minimum atomic E-state index is 0.526. The largest absolute Gasteiger partial charge is 0.370 e. The van der Waals surface area contributed by atoms with Crippen LogP contribution < -0.4 is 5.32 Å². The molecule has 0 atom stereocenters. The number of anilines is 1. The number of aromatic nitrogens is 4. The Bertz CT molecular complexity index is 549. The fraction of sp³-hybridized carbons (Fsp3) is 0.417. The number of nitrogens with one attached hydrogen (secondary N) is 1. The lowest BCUT2D eigenvalue weighted by Gasteiger charge is -2.08. The van der Waals surface area contributed by atoms with E-state index in [2.05, 4.69) is 20.4 Å². The first-order valence-corrected chi connectivity index (χ1v) is 6.24. The Hall–Kier alpha value is -1.62. The summed E-state index contributed by atoms with van der Waals surface area (Å²) in [5.41, 5.74) is 1.86. The van der Waals surface area contributed by atoms with Crippen LogP contribution in [0.5, 0.6) is 0 Å². The topological polar surface area (TPSA) is 55.6 Å². The highest BCUT2D eigenvalue weighted by molar-refractivity contribution is 6.31. The van der Waals surface area contributed by atoms with E-state index in [4.69, 9.17) is 11.6 Å². The normalized spacial score (nSPS) is 10.7. The van der Waals surface area contributed by atoms with Gasteiger partial charge in [0, 0.05) is 18.3 Å². The molecule has 1 N–H and O–H groups in total. The highest BCUT2D eigenvalue weighted by Gasteiger charge is 2.07. The average molecular weight is 266 g/mol. The highest BCUT2D eigenvalue weighted by Crippen LogP contribution is 2.14. The van der Waals surface area contributed by atoms with Gasteiger partial charge in [-0.1, -0.05) is 11.6 Å². The van der Waals surface area contributed by atoms with Crippen molar-refractivity contribution < 1.29 is 0 Å². The van der Waals surface area contributed by atoms with Crippen LogP contribution in [-0.2, 0) is 6.54 Å². The molecule has 0 fully saturated rings. The Morgan fingerprint density at radius 3 is 2.72 bits per heavy atom. The van der Waals surface area contributed by atoms with Gasteiger partial charge in [0.05, 0.1) is 16.9 Å². The fourth-order valence-electron chi connectivity index (χ4n) is 1.69. The van der Waals surface area contributed by atoms with E-state index in [0.29, 0.717) is 11.6 Å². The SMILES string of the molecule is CCNc1cc(C)nc(Cn2ncc(Cl)c2C)n1. The minimum absolute atomic E-state index is 0.526. The lowest BCUT2D eigenvalue weighted by atomic mass is 10.4. The van der Waals surface area contributed by atoms with Crippen molar-refractivity contribution in [3.8, 4) is 0 Å². The van der Waals surface area contributed by atoms with Crippen molar-refractivity contribution in [3.05, 3.63) is 34.5 Å². The van der Waals surface area contributed by atoms with E-state index in [1.807, 2.05) is 26.8 Å². The number of rotatable bonds is 4. The summed E-state index contributed by atoms with van der Waals surface area (Å²) in [5, 5.41) is 8.05. The smallest absolute Gasteiger partial charge is 0.152 e. The minimum Gasteiger partial charge on any atom is -0.370 e. The number of hydrogen-bond donors (Lipinski definition) is 1. The average Bonchev–Trinajstić information content (AvgIpc) is 2.61. The molecule has 0 spiro atoms. The molecule has 0 unspecified atom stereocenters. The number of aryl methyl sites for hydroxylation is 1. The summed E-state index contributed by atoms with van der Waals surface area (Å²) in [4.78, 5) is 8.85. The summed E-state index contributed by atoms with van der Waals surface area (Å²) in [5.74, 6) is 1.57. The van der Waals surface area contributed by atoms with E-state index in [9.17, 15) is 0 Å². The van der Waals surface area contributed by atoms with Gasteiger partial charge < -0.3 is 5.32 Å². The quantitative estimate of drug-likeness (QED) is 0.922. The highest BCUT2D eigenvalue weighted by atomic mass is 35.5. The molecule has 96 valence electrons. The van der Waals surface area contributed by atoms with E-state index in [-0.39, 0.29) is 0 Å². The van der Waals surface area contributed by atoms with Crippen LogP contribution in [0, 0.1) is 13.8 Å². The molecule has 0 saturated heterocycles. The van der Waals surface area contributed by atoms with Crippen molar-refractivity contribution in [2.75, 3.05) is 11.9 Å². The first-order chi connectivity index (χ1) is 8.60. The summed E-state index contributed by atoms with van der Waals surface area (Å²) >= 11 is 5.97. The summed E-state index contributed by atoms with van der Waals surface area (Å²) in [6, 6.07) is 1.93. The van der Waals surface area contributed by atoms with Crippen molar-refractivity contribution in [1.29, 1.82) is 0 Å². The van der Waals surface area contributed by atoms with Crippen LogP contribution >= 0.6 is 11.6 Å². The zero-order valence-corrected chi connectivity index (χ0v) is 11.5. The molecule has 5 nitrogen and oxygen atoms in total. The predicted octanol–water partition coefficient (Wildman–Crippen LogP) is 2.42. The Labute approximate surface area is 111 Å². The van der Waals surface area contributed by atoms with Gasteiger partial charge in [0.25, 0.3) is 0 Å². The molecule has 0 aliphatic heterocycles. The molecule has 2 aromatic rings. The van der Waals surface area contributed by atoms with Crippen LogP contribution in [-0.4, -0.2) is 26.3 Å². The van der Waals surface area contributed by atoms with Gasteiger partial charge in [0.2, 0.25) is 0 Å². The van der Waals surface area contributed by atoms with Crippen molar-refractivity contribution >= 4 is 17.4 Å². The second-order valence-electron chi connectivity index (χ2n) is 4.08. The van der Waals surface area contributed by atoms with Crippen LogP contribution in [0.4, 0.5) is 5.82 Å². The molecule has 2 aromatic heterocycles. The zero-order chi connectivity index (χ0) is 13.1. The molecular weight excluding hydrogens is 250 g/mol. The summed E-state index contributed by atoms with van der Waals surface area (Å²) < 4.78 is 1.80. The van der Waals surface area contributed by atoms with Crippen LogP contribution in [0.25, 0.3) is 0 Å². The molecule has 0 radical (unpaired) electrons. The summed E-state index contributed by atoms with van der Waals surface area (Å²) in [6.07, 6.45) is 1.64. The Kier molecular flexibility index (Phi) is 3.81. The lowest BCUT2D eigenvalue weighted by molar-refractivity contribution is 0.635. The van der Waals surface area contributed by atoms with Gasteiger partial charge in [-0.15, -0.1) is 0 Å². The van der Waals surface area contributed by atoms with Crippen LogP contribution in [0.15, 0.2) is 12.3 Å². The number of nitrogens with zero attached hydrogens (tertiary/aromatic N) is 4. The lowest BCUT2D eigenvalue weighted by Crippen LogP contribution is -2.10. The van der Waals surface area contributed by atoms with Crippen molar-refractivity contribution in [2.24, 2.45) is 0 Å². The second kappa shape index (κ2) is 5.35. The molecule has 2 heterocycles. The molecule has 0 aliphatic carbocycles. The predicted molar refractivity (Wildman–Crippen MR) is 72.0 cm³/mol. The molecule has 18 heavy (non-hydrogen) atoms. The summed E-state index contributed by atoms with van der Waals surface area (Å²) in [7, 11) is 0. The van der Waals surface area contributed by atoms with Gasteiger partial charge in [0.15, 0.2) is 5.82 Å².